The minimum absolute atomic E-state index is 0.0492. The Kier molecular flexibility index (Phi) is 4.78. The summed E-state index contributed by atoms with van der Waals surface area (Å²) < 4.78 is 0. The number of benzene rings is 1. The van der Waals surface area contributed by atoms with E-state index in [1.165, 1.54) is 22.5 Å². The zero-order valence-corrected chi connectivity index (χ0v) is 14.5. The Balaban J connectivity index is 1.75. The number of thiazole rings is 1. The highest BCUT2D eigenvalue weighted by molar-refractivity contribution is 7.09. The summed E-state index contributed by atoms with van der Waals surface area (Å²) in [5, 5.41) is 2.80. The number of carbonyl (C=O) groups excluding carboxylic acids is 1. The van der Waals surface area contributed by atoms with Gasteiger partial charge in [-0.1, -0.05) is 24.3 Å². The molecule has 1 aliphatic heterocycles. The van der Waals surface area contributed by atoms with Gasteiger partial charge in [0, 0.05) is 30.3 Å². The van der Waals surface area contributed by atoms with Crippen LogP contribution in [0.3, 0.4) is 0 Å². The van der Waals surface area contributed by atoms with Crippen molar-refractivity contribution in [1.29, 1.82) is 0 Å². The van der Waals surface area contributed by atoms with Gasteiger partial charge in [0.1, 0.15) is 5.69 Å². The Morgan fingerprint density at radius 2 is 2.22 bits per heavy atom. The van der Waals surface area contributed by atoms with E-state index in [1.54, 1.807) is 0 Å². The second-order valence-corrected chi connectivity index (χ2v) is 7.20. The summed E-state index contributed by atoms with van der Waals surface area (Å²) in [4.78, 5) is 19.2. The molecule has 23 heavy (non-hydrogen) atoms. The maximum absolute atomic E-state index is 12.8. The van der Waals surface area contributed by atoms with Gasteiger partial charge in [0.15, 0.2) is 0 Å². The van der Waals surface area contributed by atoms with Crippen LogP contribution in [0.2, 0.25) is 0 Å². The molecule has 1 saturated heterocycles. The van der Waals surface area contributed by atoms with Crippen LogP contribution < -0.4 is 5.73 Å². The molecule has 1 aromatic heterocycles. The number of rotatable bonds is 4. The average Bonchev–Trinajstić information content (AvgIpc) is 3.14. The maximum atomic E-state index is 12.8. The summed E-state index contributed by atoms with van der Waals surface area (Å²) in [5.41, 5.74) is 8.79. The number of hydrogen-bond acceptors (Lipinski definition) is 4. The van der Waals surface area contributed by atoms with E-state index in [9.17, 15) is 4.79 Å². The van der Waals surface area contributed by atoms with Gasteiger partial charge in [-0.05, 0) is 37.9 Å². The Hall–Kier alpha value is -1.72. The lowest BCUT2D eigenvalue weighted by atomic mass is 9.93. The lowest BCUT2D eigenvalue weighted by Crippen LogP contribution is -2.34. The molecular formula is C18H23N3OS. The summed E-state index contributed by atoms with van der Waals surface area (Å²) in [6.45, 7) is 5.61. The van der Waals surface area contributed by atoms with Crippen molar-refractivity contribution in [2.75, 3.05) is 13.1 Å². The van der Waals surface area contributed by atoms with Crippen LogP contribution in [0.25, 0.3) is 0 Å². The molecule has 2 heterocycles. The summed E-state index contributed by atoms with van der Waals surface area (Å²) in [6.07, 6.45) is 1.75. The summed E-state index contributed by atoms with van der Waals surface area (Å²) in [7, 11) is 0. The van der Waals surface area contributed by atoms with Crippen molar-refractivity contribution in [3.63, 3.8) is 0 Å². The molecule has 0 radical (unpaired) electrons. The van der Waals surface area contributed by atoms with Crippen LogP contribution in [-0.2, 0) is 6.42 Å². The number of nitrogens with zero attached hydrogens (tertiary/aromatic N) is 2. The van der Waals surface area contributed by atoms with Crippen LogP contribution in [0.1, 0.15) is 45.9 Å². The second kappa shape index (κ2) is 6.81. The summed E-state index contributed by atoms with van der Waals surface area (Å²) in [6, 6.07) is 8.71. The standard InChI is InChI=1S/C18H23N3OS/c1-12-5-3-4-6-15(12)14-9-13(2)21(10-14)18(22)16-11-23-17(20-16)7-8-19/h3-6,11,13-14H,7-10,19H2,1-2H3. The Labute approximate surface area is 141 Å². The van der Waals surface area contributed by atoms with Crippen molar-refractivity contribution in [2.45, 2.75) is 38.6 Å². The molecule has 4 nitrogen and oxygen atoms in total. The van der Waals surface area contributed by atoms with Gasteiger partial charge in [0.2, 0.25) is 0 Å². The van der Waals surface area contributed by atoms with Crippen LogP contribution in [0.15, 0.2) is 29.6 Å². The molecule has 0 spiro atoms. The van der Waals surface area contributed by atoms with E-state index in [-0.39, 0.29) is 11.9 Å². The smallest absolute Gasteiger partial charge is 0.273 e. The fraction of sp³-hybridized carbons (Fsp3) is 0.444. The molecule has 1 aromatic carbocycles. The number of aryl methyl sites for hydroxylation is 1. The third kappa shape index (κ3) is 3.31. The van der Waals surface area contributed by atoms with Crippen LogP contribution >= 0.6 is 11.3 Å². The number of aromatic nitrogens is 1. The van der Waals surface area contributed by atoms with Gasteiger partial charge in [0.25, 0.3) is 5.91 Å². The van der Waals surface area contributed by atoms with Crippen molar-refractivity contribution in [2.24, 2.45) is 5.73 Å². The van der Waals surface area contributed by atoms with Gasteiger partial charge in [0.05, 0.1) is 5.01 Å². The monoisotopic (exact) mass is 329 g/mol. The highest BCUT2D eigenvalue weighted by atomic mass is 32.1. The topological polar surface area (TPSA) is 59.2 Å². The SMILES string of the molecule is Cc1ccccc1C1CC(C)N(C(=O)c2csc(CCN)n2)C1. The fourth-order valence-corrected chi connectivity index (χ4v) is 4.17. The first-order valence-corrected chi connectivity index (χ1v) is 8.99. The fourth-order valence-electron chi connectivity index (χ4n) is 3.38. The third-order valence-electron chi connectivity index (χ3n) is 4.59. The first-order chi connectivity index (χ1) is 11.1. The Morgan fingerprint density at radius 1 is 1.43 bits per heavy atom. The summed E-state index contributed by atoms with van der Waals surface area (Å²) in [5.74, 6) is 0.463. The zero-order chi connectivity index (χ0) is 16.4. The van der Waals surface area contributed by atoms with Gasteiger partial charge >= 0.3 is 0 Å². The minimum Gasteiger partial charge on any atom is -0.334 e. The summed E-state index contributed by atoms with van der Waals surface area (Å²) >= 11 is 1.52. The lowest BCUT2D eigenvalue weighted by Gasteiger charge is -2.20. The van der Waals surface area contributed by atoms with Gasteiger partial charge in [-0.2, -0.15) is 0 Å². The largest absolute Gasteiger partial charge is 0.334 e. The first-order valence-electron chi connectivity index (χ1n) is 8.11. The number of amides is 1. The Bertz CT molecular complexity index is 697. The van der Waals surface area contributed by atoms with E-state index < -0.39 is 0 Å². The van der Waals surface area contributed by atoms with Crippen LogP contribution in [0.5, 0.6) is 0 Å². The zero-order valence-electron chi connectivity index (χ0n) is 13.7. The second-order valence-electron chi connectivity index (χ2n) is 6.26. The van der Waals surface area contributed by atoms with E-state index in [1.807, 2.05) is 10.3 Å². The van der Waals surface area contributed by atoms with Crippen LogP contribution in [-0.4, -0.2) is 34.9 Å². The molecular weight excluding hydrogens is 306 g/mol. The Morgan fingerprint density at radius 3 is 2.96 bits per heavy atom. The number of nitrogens with two attached hydrogens (primary N) is 1. The molecule has 122 valence electrons. The molecule has 0 bridgehead atoms. The van der Waals surface area contributed by atoms with E-state index >= 15 is 0 Å². The minimum atomic E-state index is 0.0492. The molecule has 3 rings (SSSR count). The average molecular weight is 329 g/mol. The van der Waals surface area contributed by atoms with Gasteiger partial charge < -0.3 is 10.6 Å². The predicted octanol–water partition coefficient (Wildman–Crippen LogP) is 2.97. The molecule has 0 saturated carbocycles. The molecule has 1 amide bonds. The predicted molar refractivity (Wildman–Crippen MR) is 93.9 cm³/mol. The third-order valence-corrected chi connectivity index (χ3v) is 5.50. The van der Waals surface area contributed by atoms with Crippen molar-refractivity contribution in [3.05, 3.63) is 51.5 Å². The van der Waals surface area contributed by atoms with E-state index in [2.05, 4.69) is 43.1 Å². The molecule has 2 aromatic rings. The van der Waals surface area contributed by atoms with E-state index in [0.29, 0.717) is 18.2 Å². The normalized spacial score (nSPS) is 20.9. The number of carbonyl (C=O) groups is 1. The van der Waals surface area contributed by atoms with Crippen LogP contribution in [0, 0.1) is 6.92 Å². The molecule has 2 atom stereocenters. The maximum Gasteiger partial charge on any atom is 0.273 e. The van der Waals surface area contributed by atoms with Gasteiger partial charge in [-0.3, -0.25) is 4.79 Å². The quantitative estimate of drug-likeness (QED) is 0.938. The highest BCUT2D eigenvalue weighted by Crippen LogP contribution is 2.34. The molecule has 5 heteroatoms. The van der Waals surface area contributed by atoms with Gasteiger partial charge in [-0.25, -0.2) is 4.98 Å². The van der Waals surface area contributed by atoms with Gasteiger partial charge in [-0.15, -0.1) is 11.3 Å². The molecule has 1 fully saturated rings. The van der Waals surface area contributed by atoms with Crippen molar-refractivity contribution >= 4 is 17.2 Å². The molecule has 2 unspecified atom stereocenters. The molecule has 0 aliphatic carbocycles. The van der Waals surface area contributed by atoms with Crippen molar-refractivity contribution in [1.82, 2.24) is 9.88 Å². The van der Waals surface area contributed by atoms with E-state index in [4.69, 9.17) is 5.73 Å². The molecule has 2 N–H and O–H groups in total. The van der Waals surface area contributed by atoms with Crippen LogP contribution in [0.4, 0.5) is 0 Å². The molecule has 1 aliphatic rings. The van der Waals surface area contributed by atoms with Crippen molar-refractivity contribution in [3.8, 4) is 0 Å². The van der Waals surface area contributed by atoms with E-state index in [0.717, 1.165) is 24.4 Å². The number of hydrogen-bond donors (Lipinski definition) is 1. The highest BCUT2D eigenvalue weighted by Gasteiger charge is 2.34. The first kappa shape index (κ1) is 16.1. The lowest BCUT2D eigenvalue weighted by molar-refractivity contribution is 0.0740. The number of likely N-dealkylation sites (tertiary alicyclic amines) is 1. The van der Waals surface area contributed by atoms with Crippen molar-refractivity contribution < 1.29 is 4.79 Å².